The lowest BCUT2D eigenvalue weighted by Gasteiger charge is -2.49. The van der Waals surface area contributed by atoms with Gasteiger partial charge in [-0.2, -0.15) is 0 Å². The van der Waals surface area contributed by atoms with Gasteiger partial charge in [-0.1, -0.05) is 6.92 Å². The summed E-state index contributed by atoms with van der Waals surface area (Å²) in [5, 5.41) is 3.60. The van der Waals surface area contributed by atoms with Crippen LogP contribution in [0.15, 0.2) is 0 Å². The molecule has 0 aromatic carbocycles. The maximum Gasteiger partial charge on any atom is 0.0882 e. The molecule has 0 saturated carbocycles. The van der Waals surface area contributed by atoms with Crippen LogP contribution in [0.4, 0.5) is 0 Å². The molecule has 0 aromatic rings. The lowest BCUT2D eigenvalue weighted by Crippen LogP contribution is -2.63. The van der Waals surface area contributed by atoms with Crippen LogP contribution in [0.2, 0.25) is 0 Å². The fraction of sp³-hybridized carbons (Fsp3) is 1.00. The van der Waals surface area contributed by atoms with Crippen molar-refractivity contribution in [2.45, 2.75) is 51.4 Å². The van der Waals surface area contributed by atoms with Gasteiger partial charge in [-0.3, -0.25) is 0 Å². The van der Waals surface area contributed by atoms with Crippen molar-refractivity contribution >= 4 is 0 Å². The van der Waals surface area contributed by atoms with Crippen LogP contribution in [0.1, 0.15) is 33.6 Å². The van der Waals surface area contributed by atoms with E-state index in [0.29, 0.717) is 12.1 Å². The third-order valence-corrected chi connectivity index (χ3v) is 4.26. The molecular weight excluding hydrogens is 228 g/mol. The predicted octanol–water partition coefficient (Wildman–Crippen LogP) is 1.25. The van der Waals surface area contributed by atoms with Gasteiger partial charge in [0.25, 0.3) is 0 Å². The minimum atomic E-state index is 0.0127. The fourth-order valence-electron chi connectivity index (χ4n) is 3.01. The molecule has 4 nitrogen and oxygen atoms in total. The van der Waals surface area contributed by atoms with E-state index in [0.717, 1.165) is 52.2 Å². The maximum atomic E-state index is 6.17. The van der Waals surface area contributed by atoms with E-state index in [9.17, 15) is 0 Å². The van der Waals surface area contributed by atoms with Gasteiger partial charge in [0.15, 0.2) is 0 Å². The minimum absolute atomic E-state index is 0.0127. The number of morpholine rings is 1. The molecule has 1 atom stereocenters. The van der Waals surface area contributed by atoms with E-state index in [4.69, 9.17) is 9.47 Å². The Balaban J connectivity index is 1.94. The van der Waals surface area contributed by atoms with Crippen molar-refractivity contribution in [3.05, 3.63) is 0 Å². The van der Waals surface area contributed by atoms with Crippen LogP contribution in [0.5, 0.6) is 0 Å². The average Bonchev–Trinajstić information content (AvgIpc) is 2.39. The van der Waals surface area contributed by atoms with Crippen LogP contribution in [0, 0.1) is 0 Å². The van der Waals surface area contributed by atoms with Gasteiger partial charge in [-0.05, 0) is 33.2 Å². The molecule has 106 valence electrons. The monoisotopic (exact) mass is 256 g/mol. The molecule has 2 fully saturated rings. The standard InChI is InChI=1S/C14H28N2O2/c1-4-16-8-5-14(6-9-16)13(11-17-12(2)3)15-7-10-18-14/h12-13,15H,4-11H2,1-3H3. The van der Waals surface area contributed by atoms with Gasteiger partial charge in [0.1, 0.15) is 0 Å². The molecule has 0 amide bonds. The number of hydrogen-bond acceptors (Lipinski definition) is 4. The van der Waals surface area contributed by atoms with Crippen molar-refractivity contribution in [1.29, 1.82) is 0 Å². The Morgan fingerprint density at radius 2 is 2.11 bits per heavy atom. The molecule has 4 heteroatoms. The number of piperidine rings is 1. The van der Waals surface area contributed by atoms with Crippen LogP contribution in [0.25, 0.3) is 0 Å². The van der Waals surface area contributed by atoms with E-state index < -0.39 is 0 Å². The molecule has 2 aliphatic rings. The van der Waals surface area contributed by atoms with E-state index in [1.165, 1.54) is 0 Å². The van der Waals surface area contributed by atoms with E-state index in [-0.39, 0.29) is 5.60 Å². The Kier molecular flexibility index (Phi) is 5.01. The molecule has 1 N–H and O–H groups in total. The summed E-state index contributed by atoms with van der Waals surface area (Å²) in [6.45, 7) is 12.4. The summed E-state index contributed by atoms with van der Waals surface area (Å²) in [5.41, 5.74) is 0.0127. The SMILES string of the molecule is CCN1CCC2(CC1)OCCNC2COC(C)C. The van der Waals surface area contributed by atoms with Crippen molar-refractivity contribution in [1.82, 2.24) is 10.2 Å². The molecule has 1 unspecified atom stereocenters. The van der Waals surface area contributed by atoms with Gasteiger partial charge in [0, 0.05) is 19.6 Å². The quantitative estimate of drug-likeness (QED) is 0.821. The second-order valence-corrected chi connectivity index (χ2v) is 5.74. The topological polar surface area (TPSA) is 33.7 Å². The number of likely N-dealkylation sites (tertiary alicyclic amines) is 1. The van der Waals surface area contributed by atoms with E-state index in [1.54, 1.807) is 0 Å². The highest BCUT2D eigenvalue weighted by atomic mass is 16.5. The zero-order valence-electron chi connectivity index (χ0n) is 12.1. The third-order valence-electron chi connectivity index (χ3n) is 4.26. The van der Waals surface area contributed by atoms with E-state index in [2.05, 4.69) is 31.0 Å². The summed E-state index contributed by atoms with van der Waals surface area (Å²) in [7, 11) is 0. The summed E-state index contributed by atoms with van der Waals surface area (Å²) in [6, 6.07) is 0.354. The third kappa shape index (κ3) is 3.23. The molecule has 18 heavy (non-hydrogen) atoms. The van der Waals surface area contributed by atoms with E-state index >= 15 is 0 Å². The molecule has 0 aromatic heterocycles. The summed E-state index contributed by atoms with van der Waals surface area (Å²) >= 11 is 0. The Hall–Kier alpha value is -0.160. The van der Waals surface area contributed by atoms with Crippen LogP contribution in [0.3, 0.4) is 0 Å². The summed E-state index contributed by atoms with van der Waals surface area (Å²) in [6.07, 6.45) is 2.54. The molecular formula is C14H28N2O2. The lowest BCUT2D eigenvalue weighted by molar-refractivity contribution is -0.143. The first-order valence-electron chi connectivity index (χ1n) is 7.37. The van der Waals surface area contributed by atoms with Crippen LogP contribution < -0.4 is 5.32 Å². The van der Waals surface area contributed by atoms with Crippen molar-refractivity contribution < 1.29 is 9.47 Å². The smallest absolute Gasteiger partial charge is 0.0882 e. The highest BCUT2D eigenvalue weighted by Crippen LogP contribution is 2.32. The van der Waals surface area contributed by atoms with Crippen molar-refractivity contribution in [3.63, 3.8) is 0 Å². The lowest BCUT2D eigenvalue weighted by atomic mass is 9.83. The highest BCUT2D eigenvalue weighted by molar-refractivity contribution is 4.99. The maximum absolute atomic E-state index is 6.17. The highest BCUT2D eigenvalue weighted by Gasteiger charge is 2.44. The second kappa shape index (κ2) is 6.33. The Labute approximate surface area is 111 Å². The molecule has 1 spiro atoms. The summed E-state index contributed by atoms with van der Waals surface area (Å²) in [4.78, 5) is 2.50. The van der Waals surface area contributed by atoms with Gasteiger partial charge >= 0.3 is 0 Å². The zero-order chi connectivity index (χ0) is 13.0. The van der Waals surface area contributed by atoms with Gasteiger partial charge in [0.05, 0.1) is 31.0 Å². The zero-order valence-corrected chi connectivity index (χ0v) is 12.1. The van der Waals surface area contributed by atoms with Gasteiger partial charge in [-0.15, -0.1) is 0 Å². The molecule has 0 bridgehead atoms. The molecule has 0 radical (unpaired) electrons. The summed E-state index contributed by atoms with van der Waals surface area (Å²) in [5.74, 6) is 0. The predicted molar refractivity (Wildman–Crippen MR) is 72.9 cm³/mol. The number of hydrogen-bond donors (Lipinski definition) is 1. The van der Waals surface area contributed by atoms with Gasteiger partial charge < -0.3 is 19.7 Å². The molecule has 2 rings (SSSR count). The molecule has 2 saturated heterocycles. The van der Waals surface area contributed by atoms with E-state index in [1.807, 2.05) is 0 Å². The largest absolute Gasteiger partial charge is 0.377 e. The number of ether oxygens (including phenoxy) is 2. The Morgan fingerprint density at radius 3 is 2.72 bits per heavy atom. The Morgan fingerprint density at radius 1 is 1.39 bits per heavy atom. The second-order valence-electron chi connectivity index (χ2n) is 5.74. The number of rotatable bonds is 4. The first-order valence-corrected chi connectivity index (χ1v) is 7.37. The molecule has 0 aliphatic carbocycles. The van der Waals surface area contributed by atoms with Gasteiger partial charge in [0.2, 0.25) is 0 Å². The van der Waals surface area contributed by atoms with Crippen molar-refractivity contribution in [2.75, 3.05) is 39.4 Å². The van der Waals surface area contributed by atoms with Crippen LogP contribution >= 0.6 is 0 Å². The minimum Gasteiger partial charge on any atom is -0.377 e. The molecule has 2 aliphatic heterocycles. The fourth-order valence-corrected chi connectivity index (χ4v) is 3.01. The first kappa shape index (κ1) is 14.3. The number of nitrogens with zero attached hydrogens (tertiary/aromatic N) is 1. The Bertz CT molecular complexity index is 250. The average molecular weight is 256 g/mol. The normalized spacial score (nSPS) is 29.0. The molecule has 2 heterocycles. The van der Waals surface area contributed by atoms with Crippen LogP contribution in [-0.2, 0) is 9.47 Å². The summed E-state index contributed by atoms with van der Waals surface area (Å²) < 4.78 is 12.0. The van der Waals surface area contributed by atoms with Crippen molar-refractivity contribution in [2.24, 2.45) is 0 Å². The van der Waals surface area contributed by atoms with Gasteiger partial charge in [-0.25, -0.2) is 0 Å². The first-order chi connectivity index (χ1) is 8.66. The van der Waals surface area contributed by atoms with Crippen LogP contribution in [-0.4, -0.2) is 62.0 Å². The number of nitrogens with one attached hydrogen (secondary N) is 1. The van der Waals surface area contributed by atoms with Crippen molar-refractivity contribution in [3.8, 4) is 0 Å².